The van der Waals surface area contributed by atoms with Crippen LogP contribution in [0.2, 0.25) is 0 Å². The molecular formula is C18H23NO5. The number of cyclic esters (lactones) is 1. The molecule has 0 saturated carbocycles. The first-order chi connectivity index (χ1) is 11.2. The monoisotopic (exact) mass is 333 g/mol. The lowest BCUT2D eigenvalue weighted by Gasteiger charge is -2.19. The molecule has 6 heteroatoms. The predicted molar refractivity (Wildman–Crippen MR) is 87.2 cm³/mol. The van der Waals surface area contributed by atoms with Crippen LogP contribution >= 0.6 is 0 Å². The number of rotatable bonds is 5. The molecule has 1 saturated heterocycles. The second-order valence-electron chi connectivity index (χ2n) is 6.83. The third kappa shape index (κ3) is 5.68. The fourth-order valence-electron chi connectivity index (χ4n) is 2.38. The number of ether oxygens (including phenoxy) is 2. The molecule has 1 aliphatic heterocycles. The highest BCUT2D eigenvalue weighted by Gasteiger charge is 2.27. The fourth-order valence-corrected chi connectivity index (χ4v) is 2.38. The SMILES string of the molecule is CC(C)(C)OC(=O)Cc1ccc(CC(=O)NC2CCOC2=O)cc1. The van der Waals surface area contributed by atoms with Crippen LogP contribution in [0.15, 0.2) is 24.3 Å². The van der Waals surface area contributed by atoms with Crippen molar-refractivity contribution in [1.82, 2.24) is 5.32 Å². The Labute approximate surface area is 141 Å². The van der Waals surface area contributed by atoms with E-state index in [1.165, 1.54) is 0 Å². The Morgan fingerprint density at radius 1 is 1.17 bits per heavy atom. The maximum absolute atomic E-state index is 11.9. The third-order valence-electron chi connectivity index (χ3n) is 3.43. The van der Waals surface area contributed by atoms with Gasteiger partial charge in [0.2, 0.25) is 5.91 Å². The summed E-state index contributed by atoms with van der Waals surface area (Å²) in [6.45, 7) is 5.83. The smallest absolute Gasteiger partial charge is 0.328 e. The molecule has 1 fully saturated rings. The van der Waals surface area contributed by atoms with Crippen molar-refractivity contribution in [2.75, 3.05) is 6.61 Å². The Morgan fingerprint density at radius 3 is 2.25 bits per heavy atom. The highest BCUT2D eigenvalue weighted by molar-refractivity contribution is 5.86. The zero-order valence-corrected chi connectivity index (χ0v) is 14.3. The zero-order valence-electron chi connectivity index (χ0n) is 14.3. The van der Waals surface area contributed by atoms with Crippen LogP contribution in [0.25, 0.3) is 0 Å². The zero-order chi connectivity index (χ0) is 17.7. The minimum atomic E-state index is -0.538. The van der Waals surface area contributed by atoms with E-state index in [2.05, 4.69) is 5.32 Å². The second-order valence-corrected chi connectivity index (χ2v) is 6.83. The quantitative estimate of drug-likeness (QED) is 0.827. The number of hydrogen-bond donors (Lipinski definition) is 1. The normalized spacial score (nSPS) is 17.3. The van der Waals surface area contributed by atoms with Gasteiger partial charge in [0.15, 0.2) is 0 Å². The standard InChI is InChI=1S/C18H23NO5/c1-18(2,3)24-16(21)11-13-6-4-12(5-7-13)10-15(20)19-14-8-9-23-17(14)22/h4-7,14H,8-11H2,1-3H3,(H,19,20). The molecule has 1 unspecified atom stereocenters. The van der Waals surface area contributed by atoms with Gasteiger partial charge in [0.05, 0.1) is 19.4 Å². The summed E-state index contributed by atoms with van der Waals surface area (Å²) in [6, 6.07) is 6.66. The molecule has 6 nitrogen and oxygen atoms in total. The van der Waals surface area contributed by atoms with Gasteiger partial charge in [0.25, 0.3) is 0 Å². The van der Waals surface area contributed by atoms with Crippen molar-refractivity contribution in [2.45, 2.75) is 51.7 Å². The van der Waals surface area contributed by atoms with Crippen molar-refractivity contribution in [2.24, 2.45) is 0 Å². The molecule has 0 spiro atoms. The molecule has 1 atom stereocenters. The average molecular weight is 333 g/mol. The molecule has 1 heterocycles. The van der Waals surface area contributed by atoms with Gasteiger partial charge in [-0.3, -0.25) is 9.59 Å². The van der Waals surface area contributed by atoms with Crippen molar-refractivity contribution in [3.8, 4) is 0 Å². The van der Waals surface area contributed by atoms with Gasteiger partial charge in [-0.15, -0.1) is 0 Å². The van der Waals surface area contributed by atoms with Crippen LogP contribution in [0.4, 0.5) is 0 Å². The van der Waals surface area contributed by atoms with Gasteiger partial charge in [0, 0.05) is 6.42 Å². The highest BCUT2D eigenvalue weighted by atomic mass is 16.6. The summed E-state index contributed by atoms with van der Waals surface area (Å²) in [5.74, 6) is -0.887. The maximum atomic E-state index is 11.9. The highest BCUT2D eigenvalue weighted by Crippen LogP contribution is 2.12. The van der Waals surface area contributed by atoms with Crippen molar-refractivity contribution in [3.63, 3.8) is 0 Å². The van der Waals surface area contributed by atoms with E-state index in [0.29, 0.717) is 13.0 Å². The summed E-state index contributed by atoms with van der Waals surface area (Å²) in [6.07, 6.45) is 0.882. The lowest BCUT2D eigenvalue weighted by Crippen LogP contribution is -2.38. The number of amides is 1. The van der Waals surface area contributed by atoms with Gasteiger partial charge < -0.3 is 14.8 Å². The minimum Gasteiger partial charge on any atom is -0.464 e. The number of esters is 2. The van der Waals surface area contributed by atoms with Gasteiger partial charge in [-0.05, 0) is 31.9 Å². The van der Waals surface area contributed by atoms with Crippen LogP contribution < -0.4 is 5.32 Å². The van der Waals surface area contributed by atoms with Crippen LogP contribution in [0, 0.1) is 0 Å². The molecular weight excluding hydrogens is 310 g/mol. The Balaban J connectivity index is 1.84. The number of nitrogens with one attached hydrogen (secondary N) is 1. The van der Waals surface area contributed by atoms with Crippen LogP contribution in [0.3, 0.4) is 0 Å². The van der Waals surface area contributed by atoms with E-state index in [1.807, 2.05) is 20.8 Å². The summed E-state index contributed by atoms with van der Waals surface area (Å²) in [4.78, 5) is 35.1. The Kier molecular flexibility index (Phi) is 5.59. The molecule has 1 aromatic rings. The first kappa shape index (κ1) is 18.0. The largest absolute Gasteiger partial charge is 0.464 e. The molecule has 1 aliphatic rings. The fraction of sp³-hybridized carbons (Fsp3) is 0.500. The van der Waals surface area contributed by atoms with Gasteiger partial charge in [-0.1, -0.05) is 24.3 Å². The Bertz CT molecular complexity index is 615. The molecule has 1 aromatic carbocycles. The van der Waals surface area contributed by atoms with Gasteiger partial charge in [-0.2, -0.15) is 0 Å². The van der Waals surface area contributed by atoms with Crippen LogP contribution in [0.5, 0.6) is 0 Å². The van der Waals surface area contributed by atoms with Gasteiger partial charge >= 0.3 is 11.9 Å². The van der Waals surface area contributed by atoms with E-state index >= 15 is 0 Å². The van der Waals surface area contributed by atoms with E-state index in [0.717, 1.165) is 11.1 Å². The minimum absolute atomic E-state index is 0.177. The number of carbonyl (C=O) groups is 3. The van der Waals surface area contributed by atoms with E-state index in [9.17, 15) is 14.4 Å². The summed E-state index contributed by atoms with van der Waals surface area (Å²) in [5.41, 5.74) is 1.14. The van der Waals surface area contributed by atoms with Crippen molar-refractivity contribution in [3.05, 3.63) is 35.4 Å². The molecule has 0 aromatic heterocycles. The Hall–Kier alpha value is -2.37. The van der Waals surface area contributed by atoms with Crippen molar-refractivity contribution < 1.29 is 23.9 Å². The van der Waals surface area contributed by atoms with E-state index in [-0.39, 0.29) is 30.7 Å². The first-order valence-corrected chi connectivity index (χ1v) is 7.98. The molecule has 130 valence electrons. The average Bonchev–Trinajstić information content (AvgIpc) is 2.84. The van der Waals surface area contributed by atoms with Gasteiger partial charge in [-0.25, -0.2) is 4.79 Å². The lowest BCUT2D eigenvalue weighted by molar-refractivity contribution is -0.154. The summed E-state index contributed by atoms with van der Waals surface area (Å²) < 4.78 is 10.1. The molecule has 0 bridgehead atoms. The third-order valence-corrected chi connectivity index (χ3v) is 3.43. The Morgan fingerprint density at radius 2 is 1.75 bits per heavy atom. The van der Waals surface area contributed by atoms with E-state index in [4.69, 9.17) is 9.47 Å². The number of hydrogen-bond acceptors (Lipinski definition) is 5. The second kappa shape index (κ2) is 7.47. The van der Waals surface area contributed by atoms with Crippen LogP contribution in [0.1, 0.15) is 38.3 Å². The molecule has 0 aliphatic carbocycles. The molecule has 24 heavy (non-hydrogen) atoms. The lowest BCUT2D eigenvalue weighted by atomic mass is 10.1. The topological polar surface area (TPSA) is 81.7 Å². The summed E-state index contributed by atoms with van der Waals surface area (Å²) in [5, 5.41) is 2.66. The van der Waals surface area contributed by atoms with E-state index < -0.39 is 11.6 Å². The van der Waals surface area contributed by atoms with E-state index in [1.54, 1.807) is 24.3 Å². The first-order valence-electron chi connectivity index (χ1n) is 7.98. The molecule has 0 radical (unpaired) electrons. The maximum Gasteiger partial charge on any atom is 0.328 e. The van der Waals surface area contributed by atoms with Crippen molar-refractivity contribution >= 4 is 17.8 Å². The predicted octanol–water partition coefficient (Wildman–Crippen LogP) is 1.54. The summed E-state index contributed by atoms with van der Waals surface area (Å²) >= 11 is 0. The molecule has 1 amide bonds. The van der Waals surface area contributed by atoms with Crippen LogP contribution in [-0.4, -0.2) is 36.1 Å². The number of carbonyl (C=O) groups excluding carboxylic acids is 3. The van der Waals surface area contributed by atoms with Crippen molar-refractivity contribution in [1.29, 1.82) is 0 Å². The summed E-state index contributed by atoms with van der Waals surface area (Å²) in [7, 11) is 0. The molecule has 2 rings (SSSR count). The van der Waals surface area contributed by atoms with Gasteiger partial charge in [0.1, 0.15) is 11.6 Å². The van der Waals surface area contributed by atoms with Crippen LogP contribution in [-0.2, 0) is 36.7 Å². The number of benzene rings is 1. The molecule has 1 N–H and O–H groups in total.